The highest BCUT2D eigenvalue weighted by molar-refractivity contribution is 7.89. The predicted molar refractivity (Wildman–Crippen MR) is 137 cm³/mol. The van der Waals surface area contributed by atoms with Crippen LogP contribution >= 0.6 is 47.2 Å². The number of morpholine rings is 1. The van der Waals surface area contributed by atoms with Crippen LogP contribution in [-0.4, -0.2) is 63.8 Å². The molecular formula is C20H24Cl4N4O5S. The van der Waals surface area contributed by atoms with Crippen molar-refractivity contribution in [3.8, 4) is 5.75 Å². The predicted octanol–water partition coefficient (Wildman–Crippen LogP) is 4.42. The maximum Gasteiger partial charge on any atom is 0.323 e. The minimum atomic E-state index is -4.14. The number of sulfonamides is 1. The second-order valence-electron chi connectivity index (χ2n) is 7.16. The largest absolute Gasteiger partial charge is 0.504 e. The minimum absolute atomic E-state index is 0. The average Bonchev–Trinajstić information content (AvgIpc) is 2.77. The molecule has 0 bridgehead atoms. The highest BCUT2D eigenvalue weighted by Crippen LogP contribution is 2.37. The number of phenolic OH excluding ortho intramolecular Hbond substituents is 1. The molecule has 0 saturated carbocycles. The second kappa shape index (κ2) is 13.0. The summed E-state index contributed by atoms with van der Waals surface area (Å²) in [5.41, 5.74) is 0.0913. The van der Waals surface area contributed by atoms with Crippen LogP contribution < -0.4 is 15.4 Å². The van der Waals surface area contributed by atoms with E-state index in [1.165, 1.54) is 18.2 Å². The van der Waals surface area contributed by atoms with Crippen molar-refractivity contribution in [2.24, 2.45) is 0 Å². The van der Waals surface area contributed by atoms with Crippen LogP contribution in [0.25, 0.3) is 0 Å². The zero-order valence-electron chi connectivity index (χ0n) is 17.8. The van der Waals surface area contributed by atoms with Gasteiger partial charge in [0.1, 0.15) is 4.90 Å². The summed E-state index contributed by atoms with van der Waals surface area (Å²) in [7, 11) is -4.14. The van der Waals surface area contributed by atoms with Gasteiger partial charge in [0.25, 0.3) is 0 Å². The number of carbonyl (C=O) groups excluding carboxylic acids is 1. The Morgan fingerprint density at radius 1 is 1.03 bits per heavy atom. The van der Waals surface area contributed by atoms with E-state index < -0.39 is 26.7 Å². The topological polar surface area (TPSA) is 120 Å². The first kappa shape index (κ1) is 28.7. The van der Waals surface area contributed by atoms with Gasteiger partial charge in [0, 0.05) is 19.6 Å². The summed E-state index contributed by atoms with van der Waals surface area (Å²) in [4.78, 5) is 14.0. The van der Waals surface area contributed by atoms with E-state index in [2.05, 4.69) is 20.3 Å². The van der Waals surface area contributed by atoms with Crippen molar-refractivity contribution in [3.05, 3.63) is 45.4 Å². The fourth-order valence-corrected chi connectivity index (χ4v) is 5.24. The molecule has 0 radical (unpaired) electrons. The lowest BCUT2D eigenvalue weighted by Gasteiger charge is -2.26. The third-order valence-corrected chi connectivity index (χ3v) is 7.63. The monoisotopic (exact) mass is 572 g/mol. The average molecular weight is 574 g/mol. The minimum Gasteiger partial charge on any atom is -0.504 e. The molecule has 2 aromatic carbocycles. The first-order chi connectivity index (χ1) is 15.7. The van der Waals surface area contributed by atoms with Crippen molar-refractivity contribution in [2.75, 3.05) is 50.0 Å². The third-order valence-electron chi connectivity index (χ3n) is 4.85. The van der Waals surface area contributed by atoms with Gasteiger partial charge in [-0.05, 0) is 37.2 Å². The summed E-state index contributed by atoms with van der Waals surface area (Å²) in [5.74, 6) is -0.685. The number of anilines is 2. The number of phenols is 1. The molecule has 0 spiro atoms. The van der Waals surface area contributed by atoms with Gasteiger partial charge in [0.15, 0.2) is 5.75 Å². The van der Waals surface area contributed by atoms with Crippen LogP contribution in [0.1, 0.15) is 6.42 Å². The summed E-state index contributed by atoms with van der Waals surface area (Å²) >= 11 is 18.0. The highest BCUT2D eigenvalue weighted by atomic mass is 35.5. The van der Waals surface area contributed by atoms with Gasteiger partial charge in [0.2, 0.25) is 10.0 Å². The zero-order chi connectivity index (χ0) is 24.0. The molecule has 1 aliphatic rings. The highest BCUT2D eigenvalue weighted by Gasteiger charge is 2.25. The van der Waals surface area contributed by atoms with Gasteiger partial charge < -0.3 is 20.5 Å². The second-order valence-corrected chi connectivity index (χ2v) is 10.1. The number of urea groups is 1. The molecule has 0 unspecified atom stereocenters. The zero-order valence-corrected chi connectivity index (χ0v) is 21.7. The molecule has 34 heavy (non-hydrogen) atoms. The summed E-state index contributed by atoms with van der Waals surface area (Å²) in [6.07, 6.45) is 0.568. The molecule has 1 saturated heterocycles. The van der Waals surface area contributed by atoms with Crippen LogP contribution in [0.3, 0.4) is 0 Å². The molecule has 9 nitrogen and oxygen atoms in total. The van der Waals surface area contributed by atoms with Crippen LogP contribution in [-0.2, 0) is 14.8 Å². The van der Waals surface area contributed by atoms with E-state index in [-0.39, 0.29) is 45.4 Å². The summed E-state index contributed by atoms with van der Waals surface area (Å²) in [6, 6.07) is 6.48. The number of halogens is 4. The lowest BCUT2D eigenvalue weighted by atomic mass is 10.3. The summed E-state index contributed by atoms with van der Waals surface area (Å²) in [5, 5.41) is 15.6. The van der Waals surface area contributed by atoms with E-state index in [4.69, 9.17) is 39.5 Å². The molecule has 2 aromatic rings. The Balaban J connectivity index is 0.00000408. The Labute approximate surface area is 219 Å². The summed E-state index contributed by atoms with van der Waals surface area (Å²) in [6.45, 7) is 3.78. The van der Waals surface area contributed by atoms with Gasteiger partial charge in [-0.2, -0.15) is 0 Å². The first-order valence-electron chi connectivity index (χ1n) is 10.0. The molecule has 2 amide bonds. The number of benzene rings is 2. The van der Waals surface area contributed by atoms with Gasteiger partial charge in [-0.1, -0.05) is 40.9 Å². The fourth-order valence-electron chi connectivity index (χ4n) is 3.19. The number of ether oxygens (including phenoxy) is 1. The van der Waals surface area contributed by atoms with Gasteiger partial charge in [-0.25, -0.2) is 17.9 Å². The van der Waals surface area contributed by atoms with E-state index in [0.717, 1.165) is 13.1 Å². The third kappa shape index (κ3) is 7.50. The SMILES string of the molecule is Cl.O=C(Nc1ccc(Cl)c(S(=O)(=O)NCCCN2CCOCC2)c1O)Nc1cccc(Cl)c1Cl. The molecular weight excluding hydrogens is 550 g/mol. The Hall–Kier alpha value is -1.50. The van der Waals surface area contributed by atoms with Crippen molar-refractivity contribution in [1.29, 1.82) is 0 Å². The molecule has 1 fully saturated rings. The standard InChI is InChI=1S/C20H23Cl3N4O5S.ClH/c21-13-3-1-4-15(17(13)23)25-20(29)26-16-6-5-14(22)19(18(16)28)33(30,31)24-7-2-8-27-9-11-32-12-10-27;/h1,3-6,24,28H,2,7-12H2,(H2,25,26,29);1H. The van der Waals surface area contributed by atoms with Crippen LogP contribution in [0.15, 0.2) is 35.2 Å². The molecule has 1 aliphatic heterocycles. The number of nitrogens with one attached hydrogen (secondary N) is 3. The van der Waals surface area contributed by atoms with Crippen molar-refractivity contribution in [3.63, 3.8) is 0 Å². The molecule has 14 heteroatoms. The number of hydrogen-bond donors (Lipinski definition) is 4. The van der Waals surface area contributed by atoms with E-state index in [1.807, 2.05) is 0 Å². The molecule has 3 rings (SSSR count). The lowest BCUT2D eigenvalue weighted by Crippen LogP contribution is -2.38. The van der Waals surface area contributed by atoms with E-state index in [9.17, 15) is 18.3 Å². The van der Waals surface area contributed by atoms with Gasteiger partial charge in [-0.3, -0.25) is 4.90 Å². The van der Waals surface area contributed by atoms with Crippen LogP contribution in [0, 0.1) is 0 Å². The maximum atomic E-state index is 12.8. The Kier molecular flexibility index (Phi) is 11.0. The Morgan fingerprint density at radius 3 is 2.41 bits per heavy atom. The number of aromatic hydroxyl groups is 1. The quantitative estimate of drug-likeness (QED) is 0.274. The number of hydrogen-bond acceptors (Lipinski definition) is 6. The number of nitrogens with zero attached hydrogens (tertiary/aromatic N) is 1. The molecule has 0 aromatic heterocycles. The molecule has 4 N–H and O–H groups in total. The molecule has 1 heterocycles. The van der Waals surface area contributed by atoms with E-state index in [1.54, 1.807) is 12.1 Å². The molecule has 0 atom stereocenters. The van der Waals surface area contributed by atoms with Crippen LogP contribution in [0.4, 0.5) is 16.2 Å². The van der Waals surface area contributed by atoms with Gasteiger partial charge in [-0.15, -0.1) is 12.4 Å². The van der Waals surface area contributed by atoms with E-state index in [0.29, 0.717) is 26.2 Å². The molecule has 0 aliphatic carbocycles. The van der Waals surface area contributed by atoms with Crippen molar-refractivity contribution < 1.29 is 23.1 Å². The smallest absolute Gasteiger partial charge is 0.323 e. The van der Waals surface area contributed by atoms with Crippen molar-refractivity contribution >= 4 is 74.6 Å². The Bertz CT molecular complexity index is 1110. The number of rotatable bonds is 8. The normalized spacial score (nSPS) is 14.3. The van der Waals surface area contributed by atoms with E-state index >= 15 is 0 Å². The van der Waals surface area contributed by atoms with Crippen molar-refractivity contribution in [2.45, 2.75) is 11.3 Å². The van der Waals surface area contributed by atoms with Gasteiger partial charge >= 0.3 is 6.03 Å². The number of amides is 2. The lowest BCUT2D eigenvalue weighted by molar-refractivity contribution is 0.0376. The summed E-state index contributed by atoms with van der Waals surface area (Å²) < 4.78 is 33.3. The first-order valence-corrected chi connectivity index (χ1v) is 12.6. The molecule has 188 valence electrons. The Morgan fingerprint density at radius 2 is 1.71 bits per heavy atom. The maximum absolute atomic E-state index is 12.8. The van der Waals surface area contributed by atoms with Crippen LogP contribution in [0.2, 0.25) is 15.1 Å². The number of carbonyl (C=O) groups is 1. The fraction of sp³-hybridized carbons (Fsp3) is 0.350. The van der Waals surface area contributed by atoms with Gasteiger partial charge in [0.05, 0.1) is 39.7 Å². The van der Waals surface area contributed by atoms with Crippen LogP contribution in [0.5, 0.6) is 5.75 Å². The van der Waals surface area contributed by atoms with Crippen molar-refractivity contribution in [1.82, 2.24) is 9.62 Å².